The minimum Gasteiger partial charge on any atom is -1.00 e. The summed E-state index contributed by atoms with van der Waals surface area (Å²) in [4.78, 5) is 7.32. The molecule has 3 nitrogen and oxygen atoms in total. The third-order valence-corrected chi connectivity index (χ3v) is 5.29. The van der Waals surface area contributed by atoms with Gasteiger partial charge in [-0.25, -0.2) is 4.98 Å². The van der Waals surface area contributed by atoms with Crippen LogP contribution in [0.5, 0.6) is 0 Å². The molecule has 1 heterocycles. The van der Waals surface area contributed by atoms with E-state index in [9.17, 15) is 0 Å². The van der Waals surface area contributed by atoms with Gasteiger partial charge in [0, 0.05) is 12.3 Å². The van der Waals surface area contributed by atoms with E-state index < -0.39 is 0 Å². The number of benzene rings is 2. The number of rotatable bonds is 8. The number of imidazole rings is 1. The van der Waals surface area contributed by atoms with Gasteiger partial charge >= 0.3 is 0 Å². The van der Waals surface area contributed by atoms with E-state index in [0.29, 0.717) is 0 Å². The van der Waals surface area contributed by atoms with Gasteiger partial charge in [0.25, 0.3) is 0 Å². The lowest BCUT2D eigenvalue weighted by molar-refractivity contribution is -0.00000498. The topological polar surface area (TPSA) is 21.1 Å². The van der Waals surface area contributed by atoms with Crippen LogP contribution in [0.3, 0.4) is 0 Å². The third-order valence-electron chi connectivity index (χ3n) is 4.34. The second-order valence-electron chi connectivity index (χ2n) is 5.83. The van der Waals surface area contributed by atoms with Crippen molar-refractivity contribution in [2.45, 2.75) is 25.5 Å². The van der Waals surface area contributed by atoms with Crippen LogP contribution >= 0.6 is 11.8 Å². The predicted molar refractivity (Wildman–Crippen MR) is 104 cm³/mol. The lowest BCUT2D eigenvalue weighted by Gasteiger charge is -2.17. The molecule has 0 aliphatic carbocycles. The highest BCUT2D eigenvalue weighted by Crippen LogP contribution is 2.25. The maximum atomic E-state index is 4.86. The molecule has 5 heteroatoms. The number of halogens is 1. The Bertz CT molecular complexity index is 769. The van der Waals surface area contributed by atoms with Crippen molar-refractivity contribution in [3.63, 3.8) is 0 Å². The number of fused-ring (bicyclic) bond motifs is 1. The summed E-state index contributed by atoms with van der Waals surface area (Å²) in [7, 11) is 0. The Hall–Kier alpha value is -1.49. The summed E-state index contributed by atoms with van der Waals surface area (Å²) in [5.41, 5.74) is 3.61. The molecule has 3 rings (SSSR count). The van der Waals surface area contributed by atoms with Crippen LogP contribution < -0.4 is 12.4 Å². The molecule has 0 bridgehead atoms. The van der Waals surface area contributed by atoms with Gasteiger partial charge in [-0.15, -0.1) is 0 Å². The van der Waals surface area contributed by atoms with Gasteiger partial charge in [0.15, 0.2) is 5.16 Å². The Morgan fingerprint density at radius 3 is 2.36 bits per heavy atom. The quantitative estimate of drug-likeness (QED) is 0.558. The lowest BCUT2D eigenvalue weighted by Crippen LogP contribution is -3.00. The summed E-state index contributed by atoms with van der Waals surface area (Å²) in [6.45, 7) is 8.63. The molecule has 0 amide bonds. The summed E-state index contributed by atoms with van der Waals surface area (Å²) in [6.07, 6.45) is 0. The summed E-state index contributed by atoms with van der Waals surface area (Å²) < 4.78 is 2.34. The van der Waals surface area contributed by atoms with Crippen LogP contribution in [-0.2, 0) is 6.54 Å². The molecule has 134 valence electrons. The molecule has 1 aromatic heterocycles. The fourth-order valence-electron chi connectivity index (χ4n) is 2.89. The molecule has 0 aliphatic heterocycles. The number of thioether (sulfide) groups is 1. The molecule has 0 fully saturated rings. The average Bonchev–Trinajstić information content (AvgIpc) is 2.97. The molecule has 0 N–H and O–H groups in total. The Morgan fingerprint density at radius 2 is 1.64 bits per heavy atom. The van der Waals surface area contributed by atoms with Gasteiger partial charge in [0.1, 0.15) is 0 Å². The molecule has 3 aromatic rings. The summed E-state index contributed by atoms with van der Waals surface area (Å²) in [5, 5.41) is 1.12. The van der Waals surface area contributed by atoms with Crippen LogP contribution in [0.1, 0.15) is 19.4 Å². The molecule has 25 heavy (non-hydrogen) atoms. The first-order chi connectivity index (χ1) is 11.8. The van der Waals surface area contributed by atoms with Crippen molar-refractivity contribution in [2.24, 2.45) is 0 Å². The Balaban J connectivity index is 0.00000225. The van der Waals surface area contributed by atoms with Crippen LogP contribution in [0.4, 0.5) is 0 Å². The van der Waals surface area contributed by atoms with Crippen LogP contribution in [-0.4, -0.2) is 39.8 Å². The molecule has 2 aromatic carbocycles. The number of para-hydroxylation sites is 2. The largest absolute Gasteiger partial charge is 1.00 e. The normalized spacial score (nSPS) is 11.0. The molecule has 0 radical (unpaired) electrons. The van der Waals surface area contributed by atoms with E-state index in [0.717, 1.165) is 42.6 Å². The molecule has 0 saturated carbocycles. The zero-order valence-electron chi connectivity index (χ0n) is 14.9. The van der Waals surface area contributed by atoms with Gasteiger partial charge in [0.2, 0.25) is 0 Å². The number of aromatic nitrogens is 2. The van der Waals surface area contributed by atoms with Crippen molar-refractivity contribution in [2.75, 3.05) is 25.4 Å². The fourth-order valence-corrected chi connectivity index (χ4v) is 3.90. The first-order valence-corrected chi connectivity index (χ1v) is 9.64. The first-order valence-electron chi connectivity index (χ1n) is 8.66. The lowest BCUT2D eigenvalue weighted by atomic mass is 10.2. The minimum absolute atomic E-state index is 0. The van der Waals surface area contributed by atoms with Crippen molar-refractivity contribution < 1.29 is 12.4 Å². The Kier molecular flexibility index (Phi) is 7.82. The second-order valence-corrected chi connectivity index (χ2v) is 6.89. The minimum atomic E-state index is 0. The average molecular weight is 375 g/mol. The smallest absolute Gasteiger partial charge is 0.169 e. The maximum absolute atomic E-state index is 4.86. The van der Waals surface area contributed by atoms with Crippen LogP contribution in [0, 0.1) is 0 Å². The van der Waals surface area contributed by atoms with E-state index in [-0.39, 0.29) is 12.4 Å². The Morgan fingerprint density at radius 1 is 0.960 bits per heavy atom. The molecule has 0 aliphatic rings. The highest BCUT2D eigenvalue weighted by atomic mass is 35.5. The maximum Gasteiger partial charge on any atom is 0.169 e. The summed E-state index contributed by atoms with van der Waals surface area (Å²) in [5.74, 6) is 1.07. The molecule has 0 saturated heterocycles. The number of hydrogen-bond acceptors (Lipinski definition) is 3. The first kappa shape index (κ1) is 19.8. The summed E-state index contributed by atoms with van der Waals surface area (Å²) >= 11 is 1.86. The van der Waals surface area contributed by atoms with E-state index in [2.05, 4.69) is 77.9 Å². The Labute approximate surface area is 160 Å². The van der Waals surface area contributed by atoms with Gasteiger partial charge in [-0.3, -0.25) is 0 Å². The van der Waals surface area contributed by atoms with E-state index in [1.54, 1.807) is 0 Å². The van der Waals surface area contributed by atoms with Crippen molar-refractivity contribution in [1.29, 1.82) is 0 Å². The highest BCUT2D eigenvalue weighted by molar-refractivity contribution is 7.99. The predicted octanol–water partition coefficient (Wildman–Crippen LogP) is 1.52. The molecule has 0 spiro atoms. The van der Waals surface area contributed by atoms with E-state index >= 15 is 0 Å². The van der Waals surface area contributed by atoms with Gasteiger partial charge in [-0.2, -0.15) is 0 Å². The van der Waals surface area contributed by atoms with E-state index in [4.69, 9.17) is 4.98 Å². The monoisotopic (exact) mass is 374 g/mol. The van der Waals surface area contributed by atoms with Gasteiger partial charge in [-0.05, 0) is 30.8 Å². The van der Waals surface area contributed by atoms with Gasteiger partial charge in [0.05, 0.1) is 17.6 Å². The van der Waals surface area contributed by atoms with Crippen LogP contribution in [0.25, 0.3) is 11.0 Å². The zero-order valence-corrected chi connectivity index (χ0v) is 16.4. The van der Waals surface area contributed by atoms with Crippen molar-refractivity contribution in [3.8, 4) is 0 Å². The second kappa shape index (κ2) is 9.85. The fraction of sp³-hybridized carbons (Fsp3) is 0.350. The van der Waals surface area contributed by atoms with Crippen molar-refractivity contribution in [1.82, 2.24) is 14.5 Å². The summed E-state index contributed by atoms with van der Waals surface area (Å²) in [6, 6.07) is 19.0. The zero-order chi connectivity index (χ0) is 16.8. The number of nitrogens with zero attached hydrogens (tertiary/aromatic N) is 3. The van der Waals surface area contributed by atoms with Crippen molar-refractivity contribution in [3.05, 3.63) is 60.2 Å². The van der Waals surface area contributed by atoms with E-state index in [1.165, 1.54) is 11.1 Å². The van der Waals surface area contributed by atoms with Crippen LogP contribution in [0.2, 0.25) is 0 Å². The molecule has 0 atom stereocenters. The molecular formula is C20H25ClN3S-. The van der Waals surface area contributed by atoms with Gasteiger partial charge in [-0.1, -0.05) is 68.1 Å². The third kappa shape index (κ3) is 5.00. The molecule has 0 unspecified atom stereocenters. The standard InChI is InChI=1S/C20H25N3S.ClH/c1-3-22(4-2)14-15-24-20-21-18-12-8-9-13-19(18)23(20)16-17-10-6-5-7-11-17;/h5-13H,3-4,14-16H2,1-2H3;1H/p-1. The SMILES string of the molecule is CCN(CC)CCSc1nc2ccccc2n1Cc1ccccc1.[Cl-]. The van der Waals surface area contributed by atoms with Gasteiger partial charge < -0.3 is 21.9 Å². The van der Waals surface area contributed by atoms with Crippen LogP contribution in [0.15, 0.2) is 59.8 Å². The van der Waals surface area contributed by atoms with Crippen molar-refractivity contribution >= 4 is 22.8 Å². The van der Waals surface area contributed by atoms with E-state index in [1.807, 2.05) is 11.8 Å². The molecular weight excluding hydrogens is 350 g/mol. The number of hydrogen-bond donors (Lipinski definition) is 0. The highest BCUT2D eigenvalue weighted by Gasteiger charge is 2.11.